The lowest BCUT2D eigenvalue weighted by Gasteiger charge is -2.30. The third kappa shape index (κ3) is 5.21. The molecule has 1 amide bonds. The number of rotatable bonds is 8. The van der Waals surface area contributed by atoms with E-state index in [0.29, 0.717) is 60.1 Å². The van der Waals surface area contributed by atoms with Crippen LogP contribution in [-0.2, 0) is 0 Å². The molecule has 2 aromatic rings. The number of unbranched alkanes of at least 4 members (excludes halogenated alkanes) is 1. The highest BCUT2D eigenvalue weighted by atomic mass is 35.5. The van der Waals surface area contributed by atoms with E-state index in [-0.39, 0.29) is 11.8 Å². The Kier molecular flexibility index (Phi) is 7.36. The standard InChI is InChI=1S/C21H28ClN3O4/c1-4-6-11-28-19-17(22)12-16(13-18(19)27-5-2)21(26)25-9-7-15(8-10-25)20-23-14(3)24-29-20/h12-13,15H,4-11H2,1-3H3. The molecule has 0 aliphatic carbocycles. The summed E-state index contributed by atoms with van der Waals surface area (Å²) in [4.78, 5) is 19.2. The minimum atomic E-state index is -0.0619. The first kappa shape index (κ1) is 21.4. The summed E-state index contributed by atoms with van der Waals surface area (Å²) in [7, 11) is 0. The molecule has 0 atom stereocenters. The van der Waals surface area contributed by atoms with Gasteiger partial charge in [-0.05, 0) is 45.2 Å². The lowest BCUT2D eigenvalue weighted by Crippen LogP contribution is -2.38. The molecule has 29 heavy (non-hydrogen) atoms. The Labute approximate surface area is 176 Å². The lowest BCUT2D eigenvalue weighted by molar-refractivity contribution is 0.0704. The van der Waals surface area contributed by atoms with Crippen LogP contribution in [0.3, 0.4) is 0 Å². The van der Waals surface area contributed by atoms with Gasteiger partial charge in [-0.1, -0.05) is 30.1 Å². The van der Waals surface area contributed by atoms with E-state index in [1.807, 2.05) is 11.8 Å². The number of benzene rings is 1. The van der Waals surface area contributed by atoms with Gasteiger partial charge in [-0.2, -0.15) is 4.98 Å². The maximum atomic E-state index is 13.0. The zero-order valence-electron chi connectivity index (χ0n) is 17.2. The number of hydrogen-bond donors (Lipinski definition) is 0. The van der Waals surface area contributed by atoms with Crippen molar-refractivity contribution in [1.29, 1.82) is 0 Å². The van der Waals surface area contributed by atoms with E-state index in [1.165, 1.54) is 0 Å². The molecule has 158 valence electrons. The number of carbonyl (C=O) groups excluding carboxylic acids is 1. The quantitative estimate of drug-likeness (QED) is 0.578. The Morgan fingerprint density at radius 3 is 2.66 bits per heavy atom. The van der Waals surface area contributed by atoms with Crippen molar-refractivity contribution < 1.29 is 18.8 Å². The van der Waals surface area contributed by atoms with Gasteiger partial charge in [-0.3, -0.25) is 4.79 Å². The molecular weight excluding hydrogens is 394 g/mol. The average molecular weight is 422 g/mol. The van der Waals surface area contributed by atoms with Gasteiger partial charge in [0.1, 0.15) is 0 Å². The van der Waals surface area contributed by atoms with Crippen LogP contribution >= 0.6 is 11.6 Å². The van der Waals surface area contributed by atoms with Crippen LogP contribution < -0.4 is 9.47 Å². The normalized spacial score (nSPS) is 14.8. The van der Waals surface area contributed by atoms with Crippen LogP contribution in [0.5, 0.6) is 11.5 Å². The minimum Gasteiger partial charge on any atom is -0.490 e. The van der Waals surface area contributed by atoms with Crippen molar-refractivity contribution >= 4 is 17.5 Å². The van der Waals surface area contributed by atoms with Gasteiger partial charge < -0.3 is 18.9 Å². The van der Waals surface area contributed by atoms with Crippen LogP contribution in [0.25, 0.3) is 0 Å². The molecule has 1 aliphatic rings. The smallest absolute Gasteiger partial charge is 0.254 e. The van der Waals surface area contributed by atoms with Crippen molar-refractivity contribution in [1.82, 2.24) is 15.0 Å². The summed E-state index contributed by atoms with van der Waals surface area (Å²) in [6.45, 7) is 8.07. The number of piperidine rings is 1. The number of halogens is 1. The monoisotopic (exact) mass is 421 g/mol. The van der Waals surface area contributed by atoms with Crippen LogP contribution in [0.15, 0.2) is 16.7 Å². The second-order valence-electron chi connectivity index (χ2n) is 7.17. The largest absolute Gasteiger partial charge is 0.490 e. The Morgan fingerprint density at radius 1 is 1.28 bits per heavy atom. The maximum absolute atomic E-state index is 13.0. The van der Waals surface area contributed by atoms with E-state index in [9.17, 15) is 4.79 Å². The van der Waals surface area contributed by atoms with Gasteiger partial charge in [-0.15, -0.1) is 0 Å². The number of carbonyl (C=O) groups is 1. The van der Waals surface area contributed by atoms with Crippen LogP contribution in [0.4, 0.5) is 0 Å². The van der Waals surface area contributed by atoms with Crippen molar-refractivity contribution in [2.45, 2.75) is 52.4 Å². The van der Waals surface area contributed by atoms with Crippen molar-refractivity contribution in [3.05, 3.63) is 34.4 Å². The van der Waals surface area contributed by atoms with E-state index in [1.54, 1.807) is 19.1 Å². The SMILES string of the molecule is CCCCOc1c(Cl)cc(C(=O)N2CCC(c3nc(C)no3)CC2)cc1OCC. The molecule has 1 aliphatic heterocycles. The number of ether oxygens (including phenoxy) is 2. The molecule has 0 unspecified atom stereocenters. The van der Waals surface area contributed by atoms with Gasteiger partial charge in [0.15, 0.2) is 17.3 Å². The number of hydrogen-bond acceptors (Lipinski definition) is 6. The predicted octanol–water partition coefficient (Wildman–Crippen LogP) is 4.63. The molecule has 0 radical (unpaired) electrons. The van der Waals surface area contributed by atoms with Crippen LogP contribution in [0, 0.1) is 6.92 Å². The fraction of sp³-hybridized carbons (Fsp3) is 0.571. The number of nitrogens with zero attached hydrogens (tertiary/aromatic N) is 3. The predicted molar refractivity (Wildman–Crippen MR) is 110 cm³/mol. The number of amides is 1. The fourth-order valence-electron chi connectivity index (χ4n) is 3.40. The first-order valence-electron chi connectivity index (χ1n) is 10.2. The third-order valence-corrected chi connectivity index (χ3v) is 5.26. The fourth-order valence-corrected chi connectivity index (χ4v) is 3.67. The zero-order valence-corrected chi connectivity index (χ0v) is 18.0. The van der Waals surface area contributed by atoms with Crippen molar-refractivity contribution in [3.8, 4) is 11.5 Å². The van der Waals surface area contributed by atoms with E-state index in [4.69, 9.17) is 25.6 Å². The highest BCUT2D eigenvalue weighted by Crippen LogP contribution is 2.37. The van der Waals surface area contributed by atoms with Crippen molar-refractivity contribution in [3.63, 3.8) is 0 Å². The van der Waals surface area contributed by atoms with Gasteiger partial charge in [0.05, 0.1) is 18.2 Å². The Balaban J connectivity index is 1.70. The van der Waals surface area contributed by atoms with Gasteiger partial charge >= 0.3 is 0 Å². The molecular formula is C21H28ClN3O4. The molecule has 0 spiro atoms. The van der Waals surface area contributed by atoms with Gasteiger partial charge in [-0.25, -0.2) is 0 Å². The van der Waals surface area contributed by atoms with Gasteiger partial charge in [0.2, 0.25) is 5.89 Å². The third-order valence-electron chi connectivity index (χ3n) is 4.98. The summed E-state index contributed by atoms with van der Waals surface area (Å²) in [5.41, 5.74) is 0.508. The second-order valence-corrected chi connectivity index (χ2v) is 7.57. The topological polar surface area (TPSA) is 77.7 Å². The summed E-state index contributed by atoms with van der Waals surface area (Å²) in [5.74, 6) is 2.44. The van der Waals surface area contributed by atoms with Gasteiger partial charge in [0.25, 0.3) is 5.91 Å². The molecule has 2 heterocycles. The maximum Gasteiger partial charge on any atom is 0.254 e. The van der Waals surface area contributed by atoms with E-state index in [0.717, 1.165) is 25.7 Å². The first-order chi connectivity index (χ1) is 14.0. The van der Waals surface area contributed by atoms with Crippen LogP contribution in [0.2, 0.25) is 5.02 Å². The number of aromatic nitrogens is 2. The molecule has 0 N–H and O–H groups in total. The number of likely N-dealkylation sites (tertiary alicyclic amines) is 1. The van der Waals surface area contributed by atoms with Crippen LogP contribution in [-0.4, -0.2) is 47.3 Å². The minimum absolute atomic E-state index is 0.0619. The Hall–Kier alpha value is -2.28. The molecule has 8 heteroatoms. The molecule has 1 aromatic heterocycles. The molecule has 1 aromatic carbocycles. The Morgan fingerprint density at radius 2 is 2.03 bits per heavy atom. The summed E-state index contributed by atoms with van der Waals surface area (Å²) in [5, 5.41) is 4.25. The lowest BCUT2D eigenvalue weighted by atomic mass is 9.96. The summed E-state index contributed by atoms with van der Waals surface area (Å²) in [6, 6.07) is 3.40. The summed E-state index contributed by atoms with van der Waals surface area (Å²) in [6.07, 6.45) is 3.53. The highest BCUT2D eigenvalue weighted by molar-refractivity contribution is 6.32. The second kappa shape index (κ2) is 9.96. The van der Waals surface area contributed by atoms with Gasteiger partial charge in [0, 0.05) is 24.6 Å². The molecule has 3 rings (SSSR count). The zero-order chi connectivity index (χ0) is 20.8. The molecule has 7 nitrogen and oxygen atoms in total. The van der Waals surface area contributed by atoms with Crippen LogP contribution in [0.1, 0.15) is 67.5 Å². The summed E-state index contributed by atoms with van der Waals surface area (Å²) < 4.78 is 16.8. The Bertz CT molecular complexity index is 831. The molecule has 0 bridgehead atoms. The van der Waals surface area contributed by atoms with E-state index in [2.05, 4.69) is 17.1 Å². The molecule has 1 saturated heterocycles. The van der Waals surface area contributed by atoms with E-state index >= 15 is 0 Å². The molecule has 0 saturated carbocycles. The first-order valence-corrected chi connectivity index (χ1v) is 10.6. The van der Waals surface area contributed by atoms with E-state index < -0.39 is 0 Å². The average Bonchev–Trinajstić information content (AvgIpc) is 3.16. The van der Waals surface area contributed by atoms with Crippen molar-refractivity contribution in [2.24, 2.45) is 0 Å². The number of aryl methyl sites for hydroxylation is 1. The molecule has 1 fully saturated rings. The van der Waals surface area contributed by atoms with Crippen molar-refractivity contribution in [2.75, 3.05) is 26.3 Å². The summed E-state index contributed by atoms with van der Waals surface area (Å²) >= 11 is 6.43. The highest BCUT2D eigenvalue weighted by Gasteiger charge is 2.28.